The molecule has 10 heteroatoms. The average Bonchev–Trinajstić information content (AvgIpc) is 3.17. The van der Waals surface area contributed by atoms with E-state index >= 15 is 4.39 Å². The molecule has 0 aliphatic carbocycles. The molecule has 1 amide bonds. The Bertz CT molecular complexity index is 1740. The number of carbonyl (C=O) groups is 1. The van der Waals surface area contributed by atoms with Gasteiger partial charge in [-0.3, -0.25) is 4.90 Å². The molecular formula is C32H32Cl2F2N4O2. The van der Waals surface area contributed by atoms with Crippen LogP contribution < -0.4 is 4.90 Å². The van der Waals surface area contributed by atoms with Crippen LogP contribution in [0.15, 0.2) is 30.3 Å². The molecule has 1 aromatic heterocycles. The van der Waals surface area contributed by atoms with Gasteiger partial charge < -0.3 is 9.64 Å². The normalized spacial score (nSPS) is 18.8. The zero-order valence-electron chi connectivity index (χ0n) is 24.2. The summed E-state index contributed by atoms with van der Waals surface area (Å²) < 4.78 is 37.2. The minimum atomic E-state index is -0.642. The van der Waals surface area contributed by atoms with Gasteiger partial charge in [-0.1, -0.05) is 36.7 Å². The second kappa shape index (κ2) is 10.5. The Kier molecular flexibility index (Phi) is 7.21. The summed E-state index contributed by atoms with van der Waals surface area (Å²) in [6, 6.07) is 8.43. The number of piperazine rings is 1. The summed E-state index contributed by atoms with van der Waals surface area (Å²) >= 11 is 13.3. The largest absolute Gasteiger partial charge is 0.444 e. The Balaban J connectivity index is 1.47. The highest BCUT2D eigenvalue weighted by Gasteiger charge is 2.45. The van der Waals surface area contributed by atoms with Crippen LogP contribution in [0.4, 0.5) is 19.4 Å². The Morgan fingerprint density at radius 2 is 1.76 bits per heavy atom. The van der Waals surface area contributed by atoms with E-state index in [2.05, 4.69) is 9.97 Å². The molecule has 0 saturated carbocycles. The lowest BCUT2D eigenvalue weighted by molar-refractivity contribution is 0.0123. The lowest BCUT2D eigenvalue weighted by Gasteiger charge is -2.42. The number of hydrogen-bond acceptors (Lipinski definition) is 5. The molecule has 3 aromatic carbocycles. The highest BCUT2D eigenvalue weighted by molar-refractivity contribution is 6.35. The van der Waals surface area contributed by atoms with Crippen molar-refractivity contribution in [2.75, 3.05) is 18.0 Å². The number of nitrogens with zero attached hydrogens (tertiary/aromatic N) is 4. The molecule has 4 aromatic rings. The molecule has 42 heavy (non-hydrogen) atoms. The van der Waals surface area contributed by atoms with Crippen LogP contribution in [0.1, 0.15) is 51.7 Å². The van der Waals surface area contributed by atoms with Gasteiger partial charge in [0.1, 0.15) is 22.8 Å². The molecule has 2 aliphatic rings. The number of carbonyl (C=O) groups excluding carboxylic acids is 1. The van der Waals surface area contributed by atoms with Crippen LogP contribution in [0, 0.1) is 18.6 Å². The van der Waals surface area contributed by atoms with Gasteiger partial charge in [0, 0.05) is 24.0 Å². The fourth-order valence-electron chi connectivity index (χ4n) is 6.54. The van der Waals surface area contributed by atoms with Crippen molar-refractivity contribution in [2.24, 2.45) is 0 Å². The summed E-state index contributed by atoms with van der Waals surface area (Å²) in [5, 5.41) is 1.92. The van der Waals surface area contributed by atoms with Crippen LogP contribution in [0.2, 0.25) is 10.3 Å². The highest BCUT2D eigenvalue weighted by atomic mass is 35.5. The monoisotopic (exact) mass is 612 g/mol. The third kappa shape index (κ3) is 4.92. The molecular weight excluding hydrogens is 581 g/mol. The summed E-state index contributed by atoms with van der Waals surface area (Å²) in [5.74, 6) is -0.524. The van der Waals surface area contributed by atoms with Crippen LogP contribution in [0.25, 0.3) is 32.8 Å². The lowest BCUT2D eigenvalue weighted by atomic mass is 9.90. The van der Waals surface area contributed by atoms with Crippen LogP contribution in [0.3, 0.4) is 0 Å². The second-order valence-corrected chi connectivity index (χ2v) is 13.0. The van der Waals surface area contributed by atoms with Crippen LogP contribution in [0.5, 0.6) is 0 Å². The van der Waals surface area contributed by atoms with Gasteiger partial charge in [0.15, 0.2) is 5.82 Å². The number of aromatic nitrogens is 2. The standard InChI is InChI=1S/C32H32Cl2F2N4O2/c1-6-20-24(35)10-7-17-11-16(2)12-21(25(17)20)26-23(33)13-22-28(27(26)36)37-30(34)38-29(22)39-14-18-8-9-19(15-39)40(18)31(41)42-32(3,4)5/h7,10-13,18-19H,6,8-9,14-15H2,1-5H3. The van der Waals surface area contributed by atoms with E-state index in [-0.39, 0.29) is 45.4 Å². The first-order valence-electron chi connectivity index (χ1n) is 14.2. The number of aryl methyl sites for hydroxylation is 2. The van der Waals surface area contributed by atoms with E-state index in [9.17, 15) is 9.18 Å². The van der Waals surface area contributed by atoms with E-state index < -0.39 is 11.4 Å². The minimum absolute atomic E-state index is 0.0374. The molecule has 6 rings (SSSR count). The topological polar surface area (TPSA) is 58.6 Å². The van der Waals surface area contributed by atoms with Gasteiger partial charge in [-0.25, -0.2) is 18.6 Å². The molecule has 2 fully saturated rings. The third-order valence-electron chi connectivity index (χ3n) is 8.16. The average molecular weight is 614 g/mol. The number of ether oxygens (including phenoxy) is 1. The van der Waals surface area contributed by atoms with E-state index in [0.717, 1.165) is 23.8 Å². The van der Waals surface area contributed by atoms with Gasteiger partial charge in [-0.2, -0.15) is 4.98 Å². The molecule has 2 unspecified atom stereocenters. The van der Waals surface area contributed by atoms with E-state index in [1.807, 2.05) is 56.6 Å². The zero-order valence-corrected chi connectivity index (χ0v) is 25.7. The number of fused-ring (bicyclic) bond motifs is 4. The van der Waals surface area contributed by atoms with E-state index in [1.54, 1.807) is 12.1 Å². The van der Waals surface area contributed by atoms with Crippen molar-refractivity contribution >= 4 is 56.8 Å². The first kappa shape index (κ1) is 28.9. The summed E-state index contributed by atoms with van der Waals surface area (Å²) in [6.45, 7) is 10.3. The SMILES string of the molecule is CCc1c(F)ccc2cc(C)cc(-c3c(Cl)cc4c(N5CC6CCC(C5)N6C(=O)OC(C)(C)C)nc(Cl)nc4c3F)c12. The van der Waals surface area contributed by atoms with Gasteiger partial charge >= 0.3 is 6.09 Å². The molecule has 0 N–H and O–H groups in total. The van der Waals surface area contributed by atoms with Crippen LogP contribution in [-0.2, 0) is 11.2 Å². The quantitative estimate of drug-likeness (QED) is 0.217. The summed E-state index contributed by atoms with van der Waals surface area (Å²) in [4.78, 5) is 25.6. The second-order valence-electron chi connectivity index (χ2n) is 12.2. The van der Waals surface area contributed by atoms with Gasteiger partial charge in [0.2, 0.25) is 5.28 Å². The van der Waals surface area contributed by atoms with Crippen LogP contribution >= 0.6 is 23.2 Å². The molecule has 6 nitrogen and oxygen atoms in total. The van der Waals surface area contributed by atoms with E-state index in [4.69, 9.17) is 27.9 Å². The summed E-state index contributed by atoms with van der Waals surface area (Å²) in [5.41, 5.74) is 1.48. The number of amides is 1. The van der Waals surface area contributed by atoms with E-state index in [0.29, 0.717) is 47.2 Å². The fraction of sp³-hybridized carbons (Fsp3) is 0.406. The third-order valence-corrected chi connectivity index (χ3v) is 8.62. The maximum absolute atomic E-state index is 16.6. The summed E-state index contributed by atoms with van der Waals surface area (Å²) in [7, 11) is 0. The molecule has 3 heterocycles. The molecule has 220 valence electrons. The predicted octanol–water partition coefficient (Wildman–Crippen LogP) is 8.49. The smallest absolute Gasteiger partial charge is 0.410 e. The maximum Gasteiger partial charge on any atom is 0.410 e. The molecule has 0 spiro atoms. The number of benzene rings is 3. The Hall–Kier alpha value is -3.23. The molecule has 2 atom stereocenters. The van der Waals surface area contributed by atoms with Crippen LogP contribution in [-0.4, -0.2) is 51.7 Å². The zero-order chi connectivity index (χ0) is 30.1. The van der Waals surface area contributed by atoms with Gasteiger partial charge in [-0.05, 0) is 98.2 Å². The molecule has 0 radical (unpaired) electrons. The molecule has 2 aliphatic heterocycles. The van der Waals surface area contributed by atoms with Crippen molar-refractivity contribution < 1.29 is 18.3 Å². The van der Waals surface area contributed by atoms with Gasteiger partial charge in [0.25, 0.3) is 0 Å². The van der Waals surface area contributed by atoms with Crippen molar-refractivity contribution in [1.29, 1.82) is 0 Å². The number of rotatable bonds is 3. The van der Waals surface area contributed by atoms with Crippen molar-refractivity contribution in [2.45, 2.75) is 71.6 Å². The lowest BCUT2D eigenvalue weighted by Crippen LogP contribution is -2.57. The Labute approximate surface area is 253 Å². The number of halogens is 4. The fourth-order valence-corrected chi connectivity index (χ4v) is 7.00. The Morgan fingerprint density at radius 3 is 2.40 bits per heavy atom. The predicted molar refractivity (Wildman–Crippen MR) is 164 cm³/mol. The molecule has 2 bridgehead atoms. The van der Waals surface area contributed by atoms with E-state index in [1.165, 1.54) is 6.07 Å². The summed E-state index contributed by atoms with van der Waals surface area (Å²) in [6.07, 6.45) is 1.76. The van der Waals surface area contributed by atoms with Gasteiger partial charge in [0.05, 0.1) is 17.1 Å². The number of hydrogen-bond donors (Lipinski definition) is 0. The highest BCUT2D eigenvalue weighted by Crippen LogP contribution is 2.43. The van der Waals surface area contributed by atoms with Crippen molar-refractivity contribution in [1.82, 2.24) is 14.9 Å². The first-order valence-corrected chi connectivity index (χ1v) is 15.0. The Morgan fingerprint density at radius 1 is 1.07 bits per heavy atom. The van der Waals surface area contributed by atoms with Crippen molar-refractivity contribution in [3.8, 4) is 11.1 Å². The maximum atomic E-state index is 16.6. The van der Waals surface area contributed by atoms with Crippen molar-refractivity contribution in [3.63, 3.8) is 0 Å². The minimum Gasteiger partial charge on any atom is -0.444 e. The first-order chi connectivity index (χ1) is 19.9. The van der Waals surface area contributed by atoms with Crippen molar-refractivity contribution in [3.05, 3.63) is 63.4 Å². The molecule has 2 saturated heterocycles. The van der Waals surface area contributed by atoms with Gasteiger partial charge in [-0.15, -0.1) is 0 Å². The number of anilines is 1.